The third kappa shape index (κ3) is 2.33. The Morgan fingerprint density at radius 3 is 2.82 bits per heavy atom. The monoisotopic (exact) mass is 252 g/mol. The van der Waals surface area contributed by atoms with Crippen molar-refractivity contribution in [3.8, 4) is 0 Å². The molecule has 3 nitrogen and oxygen atoms in total. The molecule has 1 aromatic rings. The number of carbonyl (C=O) groups excluding carboxylic acids is 1. The number of hydrogen-bond donors (Lipinski definition) is 1. The molecule has 1 aliphatic heterocycles. The van der Waals surface area contributed by atoms with Crippen molar-refractivity contribution >= 4 is 17.7 Å². The van der Waals surface area contributed by atoms with Crippen LogP contribution < -0.4 is 0 Å². The molecular weight excluding hydrogens is 236 g/mol. The van der Waals surface area contributed by atoms with Crippen LogP contribution in [0.25, 0.3) is 0 Å². The standard InChI is InChI=1S/C13H16O3S/c1-10-13(15,11-6-3-2-4-7-11)12(14)16-8-5-9-17-10/h2-4,6-7,10,15H,5,8-9H2,1H3. The minimum Gasteiger partial charge on any atom is -0.463 e. The van der Waals surface area contributed by atoms with E-state index in [4.69, 9.17) is 4.74 Å². The second-order valence-corrected chi connectivity index (χ2v) is 5.58. The van der Waals surface area contributed by atoms with Gasteiger partial charge in [0, 0.05) is 5.25 Å². The van der Waals surface area contributed by atoms with Gasteiger partial charge in [-0.2, -0.15) is 11.8 Å². The Labute approximate surface area is 105 Å². The van der Waals surface area contributed by atoms with Gasteiger partial charge >= 0.3 is 5.97 Å². The van der Waals surface area contributed by atoms with Gasteiger partial charge in [0.15, 0.2) is 5.60 Å². The zero-order valence-electron chi connectivity index (χ0n) is 9.76. The molecule has 0 bridgehead atoms. The lowest BCUT2D eigenvalue weighted by molar-refractivity contribution is -0.166. The Balaban J connectivity index is 2.38. The molecule has 0 aromatic heterocycles. The summed E-state index contributed by atoms with van der Waals surface area (Å²) in [5, 5.41) is 10.5. The van der Waals surface area contributed by atoms with Crippen molar-refractivity contribution in [1.82, 2.24) is 0 Å². The minimum absolute atomic E-state index is 0.210. The van der Waals surface area contributed by atoms with Crippen molar-refractivity contribution in [1.29, 1.82) is 0 Å². The van der Waals surface area contributed by atoms with Crippen LogP contribution in [0.1, 0.15) is 18.9 Å². The number of benzene rings is 1. The van der Waals surface area contributed by atoms with Gasteiger partial charge in [-0.15, -0.1) is 0 Å². The molecule has 0 spiro atoms. The van der Waals surface area contributed by atoms with Gasteiger partial charge in [-0.05, 0) is 24.7 Å². The number of rotatable bonds is 1. The molecule has 1 aromatic carbocycles. The molecule has 2 unspecified atom stereocenters. The minimum atomic E-state index is -1.54. The molecule has 1 aliphatic rings. The van der Waals surface area contributed by atoms with Gasteiger partial charge in [-0.1, -0.05) is 30.3 Å². The summed E-state index contributed by atoms with van der Waals surface area (Å²) in [7, 11) is 0. The summed E-state index contributed by atoms with van der Waals surface area (Å²) >= 11 is 1.61. The van der Waals surface area contributed by atoms with Crippen LogP contribution in [0.5, 0.6) is 0 Å². The van der Waals surface area contributed by atoms with Crippen LogP contribution >= 0.6 is 11.8 Å². The molecule has 2 atom stereocenters. The van der Waals surface area contributed by atoms with Gasteiger partial charge in [0.25, 0.3) is 0 Å². The maximum Gasteiger partial charge on any atom is 0.344 e. The summed E-state index contributed by atoms with van der Waals surface area (Å²) in [6, 6.07) is 9.02. The average Bonchev–Trinajstić information content (AvgIpc) is 2.36. The quantitative estimate of drug-likeness (QED) is 0.776. The average molecular weight is 252 g/mol. The second kappa shape index (κ2) is 5.10. The Kier molecular flexibility index (Phi) is 3.74. The molecule has 92 valence electrons. The number of aliphatic hydroxyl groups is 1. The fourth-order valence-electron chi connectivity index (χ4n) is 1.93. The molecule has 2 rings (SSSR count). The number of esters is 1. The first-order chi connectivity index (χ1) is 8.15. The molecule has 1 saturated heterocycles. The third-order valence-electron chi connectivity index (χ3n) is 3.00. The predicted octanol–water partition coefficient (Wildman–Crippen LogP) is 1.94. The van der Waals surface area contributed by atoms with Gasteiger partial charge in [-0.3, -0.25) is 0 Å². The first kappa shape index (κ1) is 12.5. The second-order valence-electron chi connectivity index (χ2n) is 4.13. The van der Waals surface area contributed by atoms with Crippen LogP contribution in [0.3, 0.4) is 0 Å². The Bertz CT molecular complexity index is 393. The van der Waals surface area contributed by atoms with E-state index in [0.717, 1.165) is 12.2 Å². The molecule has 0 saturated carbocycles. The number of cyclic esters (lactones) is 1. The fraction of sp³-hybridized carbons (Fsp3) is 0.462. The van der Waals surface area contributed by atoms with E-state index in [1.807, 2.05) is 25.1 Å². The lowest BCUT2D eigenvalue weighted by Crippen LogP contribution is -2.46. The molecule has 0 radical (unpaired) electrons. The van der Waals surface area contributed by atoms with E-state index in [2.05, 4.69) is 0 Å². The summed E-state index contributed by atoms with van der Waals surface area (Å²) in [6.45, 7) is 2.25. The Morgan fingerprint density at radius 2 is 2.12 bits per heavy atom. The van der Waals surface area contributed by atoms with E-state index in [9.17, 15) is 9.90 Å². The van der Waals surface area contributed by atoms with Crippen LogP contribution in [-0.4, -0.2) is 28.7 Å². The van der Waals surface area contributed by atoms with E-state index in [1.165, 1.54) is 0 Å². The highest BCUT2D eigenvalue weighted by molar-refractivity contribution is 7.99. The van der Waals surface area contributed by atoms with Crippen molar-refractivity contribution in [2.24, 2.45) is 0 Å². The lowest BCUT2D eigenvalue weighted by atomic mass is 9.91. The summed E-state index contributed by atoms with van der Waals surface area (Å²) in [5.74, 6) is 0.354. The summed E-state index contributed by atoms with van der Waals surface area (Å²) in [6.07, 6.45) is 0.839. The van der Waals surface area contributed by atoms with E-state index in [0.29, 0.717) is 12.2 Å². The number of hydrogen-bond acceptors (Lipinski definition) is 4. The highest BCUT2D eigenvalue weighted by atomic mass is 32.2. The molecule has 4 heteroatoms. The molecule has 0 amide bonds. The van der Waals surface area contributed by atoms with Crippen molar-refractivity contribution in [2.75, 3.05) is 12.4 Å². The zero-order valence-corrected chi connectivity index (χ0v) is 10.6. The smallest absolute Gasteiger partial charge is 0.344 e. The fourth-order valence-corrected chi connectivity index (χ4v) is 3.04. The lowest BCUT2D eigenvalue weighted by Gasteiger charge is -2.33. The largest absolute Gasteiger partial charge is 0.463 e. The van der Waals surface area contributed by atoms with Crippen LogP contribution in [0.4, 0.5) is 0 Å². The zero-order chi connectivity index (χ0) is 12.3. The van der Waals surface area contributed by atoms with E-state index < -0.39 is 11.6 Å². The predicted molar refractivity (Wildman–Crippen MR) is 67.8 cm³/mol. The van der Waals surface area contributed by atoms with Crippen LogP contribution in [0, 0.1) is 0 Å². The molecule has 1 fully saturated rings. The van der Waals surface area contributed by atoms with Gasteiger partial charge in [0.1, 0.15) is 0 Å². The van der Waals surface area contributed by atoms with Gasteiger partial charge in [0.05, 0.1) is 6.61 Å². The van der Waals surface area contributed by atoms with Crippen molar-refractivity contribution in [3.05, 3.63) is 35.9 Å². The van der Waals surface area contributed by atoms with E-state index in [1.54, 1.807) is 23.9 Å². The third-order valence-corrected chi connectivity index (χ3v) is 4.37. The number of thioether (sulfide) groups is 1. The van der Waals surface area contributed by atoms with Gasteiger partial charge in [-0.25, -0.2) is 4.79 Å². The number of ether oxygens (including phenoxy) is 1. The van der Waals surface area contributed by atoms with Crippen LogP contribution in [0.15, 0.2) is 30.3 Å². The molecule has 0 aliphatic carbocycles. The highest BCUT2D eigenvalue weighted by Crippen LogP contribution is 2.35. The van der Waals surface area contributed by atoms with E-state index in [-0.39, 0.29) is 5.25 Å². The van der Waals surface area contributed by atoms with Crippen molar-refractivity contribution < 1.29 is 14.6 Å². The topological polar surface area (TPSA) is 46.5 Å². The first-order valence-corrected chi connectivity index (χ1v) is 6.77. The normalized spacial score (nSPS) is 30.2. The maximum atomic E-state index is 12.0. The summed E-state index contributed by atoms with van der Waals surface area (Å²) in [4.78, 5) is 12.0. The summed E-state index contributed by atoms with van der Waals surface area (Å²) < 4.78 is 5.12. The van der Waals surface area contributed by atoms with Crippen molar-refractivity contribution in [2.45, 2.75) is 24.2 Å². The molecule has 1 heterocycles. The highest BCUT2D eigenvalue weighted by Gasteiger charge is 2.45. The Hall–Kier alpha value is -1.00. The first-order valence-electron chi connectivity index (χ1n) is 5.72. The van der Waals surface area contributed by atoms with Crippen molar-refractivity contribution in [3.63, 3.8) is 0 Å². The SMILES string of the molecule is CC1SCCCOC(=O)C1(O)c1ccccc1. The summed E-state index contributed by atoms with van der Waals surface area (Å²) in [5.41, 5.74) is -0.932. The maximum absolute atomic E-state index is 12.0. The molecule has 1 N–H and O–H groups in total. The van der Waals surface area contributed by atoms with Crippen LogP contribution in [-0.2, 0) is 15.1 Å². The molecular formula is C13H16O3S. The van der Waals surface area contributed by atoms with Gasteiger partial charge < -0.3 is 9.84 Å². The molecule has 17 heavy (non-hydrogen) atoms. The van der Waals surface area contributed by atoms with Crippen LogP contribution in [0.2, 0.25) is 0 Å². The van der Waals surface area contributed by atoms with E-state index >= 15 is 0 Å². The van der Waals surface area contributed by atoms with Gasteiger partial charge in [0.2, 0.25) is 0 Å². The Morgan fingerprint density at radius 1 is 1.41 bits per heavy atom. The number of carbonyl (C=O) groups is 1.